The van der Waals surface area contributed by atoms with Gasteiger partial charge in [-0.25, -0.2) is 4.98 Å². The van der Waals surface area contributed by atoms with Crippen LogP contribution in [0.25, 0.3) is 16.2 Å². The van der Waals surface area contributed by atoms with Crippen LogP contribution in [0.1, 0.15) is 0 Å². The molecule has 3 heterocycles. The van der Waals surface area contributed by atoms with E-state index in [0.29, 0.717) is 0 Å². The molecule has 0 aromatic carbocycles. The lowest BCUT2D eigenvalue weighted by atomic mass is 10.2. The molecule has 14 heavy (non-hydrogen) atoms. The fourth-order valence-corrected chi connectivity index (χ4v) is 2.31. The lowest BCUT2D eigenvalue weighted by Gasteiger charge is -1.96. The number of aromatic nitrogens is 3. The van der Waals surface area contributed by atoms with Crippen molar-refractivity contribution >= 4 is 16.3 Å². The topological polar surface area (TPSA) is 30.2 Å². The van der Waals surface area contributed by atoms with Crippen LogP contribution in [-0.4, -0.2) is 14.4 Å². The first-order valence-electron chi connectivity index (χ1n) is 4.26. The minimum Gasteiger partial charge on any atom is -0.290 e. The van der Waals surface area contributed by atoms with Crippen LogP contribution in [0.3, 0.4) is 0 Å². The van der Waals surface area contributed by atoms with E-state index in [-0.39, 0.29) is 0 Å². The van der Waals surface area contributed by atoms with Crippen LogP contribution in [0.5, 0.6) is 0 Å². The van der Waals surface area contributed by atoms with Crippen molar-refractivity contribution in [2.75, 3.05) is 0 Å². The van der Waals surface area contributed by atoms with Gasteiger partial charge in [0, 0.05) is 35.7 Å². The minimum atomic E-state index is 1.02. The number of rotatable bonds is 1. The Morgan fingerprint density at radius 1 is 1.29 bits per heavy atom. The van der Waals surface area contributed by atoms with E-state index >= 15 is 0 Å². The molecule has 0 spiro atoms. The predicted molar refractivity (Wildman–Crippen MR) is 56.3 cm³/mol. The summed E-state index contributed by atoms with van der Waals surface area (Å²) in [6.45, 7) is 0. The second-order valence-electron chi connectivity index (χ2n) is 2.94. The van der Waals surface area contributed by atoms with E-state index in [1.54, 1.807) is 17.5 Å². The van der Waals surface area contributed by atoms with Crippen molar-refractivity contribution in [2.45, 2.75) is 0 Å². The molecule has 3 aromatic rings. The summed E-state index contributed by atoms with van der Waals surface area (Å²) in [5.41, 5.74) is 2.27. The molecule has 68 valence electrons. The summed E-state index contributed by atoms with van der Waals surface area (Å²) in [5.74, 6) is 0. The van der Waals surface area contributed by atoms with Crippen molar-refractivity contribution in [1.82, 2.24) is 14.4 Å². The van der Waals surface area contributed by atoms with Crippen LogP contribution >= 0.6 is 11.3 Å². The molecule has 0 aliphatic carbocycles. The first-order chi connectivity index (χ1) is 6.95. The number of pyridine rings is 1. The molecule has 0 aliphatic heterocycles. The van der Waals surface area contributed by atoms with Crippen LogP contribution in [0.2, 0.25) is 0 Å². The van der Waals surface area contributed by atoms with E-state index in [4.69, 9.17) is 0 Å². The molecule has 0 aliphatic rings. The number of nitrogens with zero attached hydrogens (tertiary/aromatic N) is 3. The molecule has 0 atom stereocenters. The van der Waals surface area contributed by atoms with Gasteiger partial charge < -0.3 is 0 Å². The van der Waals surface area contributed by atoms with Gasteiger partial charge in [0.15, 0.2) is 4.96 Å². The average molecular weight is 201 g/mol. The third-order valence-corrected chi connectivity index (χ3v) is 2.95. The molecule has 0 saturated heterocycles. The van der Waals surface area contributed by atoms with E-state index < -0.39 is 0 Å². The Morgan fingerprint density at radius 3 is 3.14 bits per heavy atom. The molecule has 3 aromatic heterocycles. The summed E-state index contributed by atoms with van der Waals surface area (Å²) in [6, 6.07) is 3.99. The second kappa shape index (κ2) is 2.92. The van der Waals surface area contributed by atoms with Crippen LogP contribution in [0, 0.1) is 0 Å². The zero-order valence-corrected chi connectivity index (χ0v) is 8.11. The summed E-state index contributed by atoms with van der Waals surface area (Å²) in [4.78, 5) is 9.35. The van der Waals surface area contributed by atoms with Gasteiger partial charge in [0.25, 0.3) is 0 Å². The molecule has 0 N–H and O–H groups in total. The van der Waals surface area contributed by atoms with Gasteiger partial charge in [-0.05, 0) is 12.1 Å². The van der Waals surface area contributed by atoms with Gasteiger partial charge in [-0.1, -0.05) is 0 Å². The first-order valence-corrected chi connectivity index (χ1v) is 5.14. The third kappa shape index (κ3) is 1.04. The van der Waals surface area contributed by atoms with Gasteiger partial charge in [-0.2, -0.15) is 0 Å². The molecule has 3 nitrogen and oxygen atoms in total. The summed E-state index contributed by atoms with van der Waals surface area (Å²) in [7, 11) is 0. The SMILES string of the molecule is c1cncc(-c2csc3nccn23)c1. The Morgan fingerprint density at radius 2 is 2.29 bits per heavy atom. The van der Waals surface area contributed by atoms with Crippen molar-refractivity contribution in [1.29, 1.82) is 0 Å². The molecule has 0 amide bonds. The highest BCUT2D eigenvalue weighted by atomic mass is 32.1. The molecule has 0 bridgehead atoms. The fraction of sp³-hybridized carbons (Fsp3) is 0. The quantitative estimate of drug-likeness (QED) is 0.605. The summed E-state index contributed by atoms with van der Waals surface area (Å²) >= 11 is 1.64. The predicted octanol–water partition coefficient (Wildman–Crippen LogP) is 2.46. The highest BCUT2D eigenvalue weighted by molar-refractivity contribution is 7.15. The number of hydrogen-bond acceptors (Lipinski definition) is 3. The normalized spacial score (nSPS) is 10.9. The largest absolute Gasteiger partial charge is 0.290 e. The lowest BCUT2D eigenvalue weighted by molar-refractivity contribution is 1.22. The maximum Gasteiger partial charge on any atom is 0.194 e. The van der Waals surface area contributed by atoms with E-state index in [1.807, 2.05) is 24.7 Å². The average Bonchev–Trinajstić information content (AvgIpc) is 2.79. The van der Waals surface area contributed by atoms with Crippen molar-refractivity contribution in [2.24, 2.45) is 0 Å². The minimum absolute atomic E-state index is 1.02. The Kier molecular flexibility index (Phi) is 1.61. The number of imidazole rings is 1. The maximum atomic E-state index is 4.23. The van der Waals surface area contributed by atoms with E-state index in [1.165, 1.54) is 0 Å². The van der Waals surface area contributed by atoms with E-state index in [0.717, 1.165) is 16.2 Å². The summed E-state index contributed by atoms with van der Waals surface area (Å²) in [6.07, 6.45) is 7.42. The van der Waals surface area contributed by atoms with Gasteiger partial charge in [0.1, 0.15) is 0 Å². The monoisotopic (exact) mass is 201 g/mol. The van der Waals surface area contributed by atoms with Gasteiger partial charge >= 0.3 is 0 Å². The fourth-order valence-electron chi connectivity index (χ4n) is 1.45. The van der Waals surface area contributed by atoms with E-state index in [2.05, 4.69) is 25.8 Å². The highest BCUT2D eigenvalue weighted by Gasteiger charge is 2.05. The van der Waals surface area contributed by atoms with Gasteiger partial charge in [-0.3, -0.25) is 9.38 Å². The molecule has 4 heteroatoms. The molecule has 0 fully saturated rings. The Balaban J connectivity index is 2.28. The van der Waals surface area contributed by atoms with E-state index in [9.17, 15) is 0 Å². The Labute approximate surface area is 84.7 Å². The zero-order valence-electron chi connectivity index (χ0n) is 7.29. The second-order valence-corrected chi connectivity index (χ2v) is 3.78. The lowest BCUT2D eigenvalue weighted by Crippen LogP contribution is -1.83. The third-order valence-electron chi connectivity index (χ3n) is 2.10. The highest BCUT2D eigenvalue weighted by Crippen LogP contribution is 2.24. The van der Waals surface area contributed by atoms with Crippen LogP contribution in [0.15, 0.2) is 42.3 Å². The Bertz CT molecular complexity index is 553. The number of hydrogen-bond donors (Lipinski definition) is 0. The molecule has 0 radical (unpaired) electrons. The van der Waals surface area contributed by atoms with Crippen molar-refractivity contribution in [3.8, 4) is 11.3 Å². The molecule has 0 saturated carbocycles. The molecule has 3 rings (SSSR count). The Hall–Kier alpha value is -1.68. The molecule has 0 unspecified atom stereocenters. The van der Waals surface area contributed by atoms with Gasteiger partial charge in [-0.15, -0.1) is 11.3 Å². The van der Waals surface area contributed by atoms with Crippen molar-refractivity contribution < 1.29 is 0 Å². The standard InChI is InChI=1S/C10H7N3S/c1-2-8(6-11-3-1)9-7-14-10-12-4-5-13(9)10/h1-7H. The number of fused-ring (bicyclic) bond motifs is 1. The first kappa shape index (κ1) is 7.70. The van der Waals surface area contributed by atoms with Gasteiger partial charge in [0.2, 0.25) is 0 Å². The summed E-state index contributed by atoms with van der Waals surface area (Å²) in [5, 5.41) is 2.10. The van der Waals surface area contributed by atoms with Crippen LogP contribution < -0.4 is 0 Å². The van der Waals surface area contributed by atoms with Crippen molar-refractivity contribution in [3.05, 3.63) is 42.3 Å². The zero-order chi connectivity index (χ0) is 9.38. The summed E-state index contributed by atoms with van der Waals surface area (Å²) < 4.78 is 2.07. The smallest absolute Gasteiger partial charge is 0.194 e. The number of thiazole rings is 1. The maximum absolute atomic E-state index is 4.23. The van der Waals surface area contributed by atoms with Gasteiger partial charge in [0.05, 0.1) is 5.69 Å². The van der Waals surface area contributed by atoms with Crippen molar-refractivity contribution in [3.63, 3.8) is 0 Å². The molecular formula is C10H7N3S. The van der Waals surface area contributed by atoms with Crippen LogP contribution in [0.4, 0.5) is 0 Å². The molecular weight excluding hydrogens is 194 g/mol. The van der Waals surface area contributed by atoms with Crippen LogP contribution in [-0.2, 0) is 0 Å².